The summed E-state index contributed by atoms with van der Waals surface area (Å²) in [6, 6.07) is 26.0. The van der Waals surface area contributed by atoms with Crippen molar-refractivity contribution in [3.05, 3.63) is 102 Å². The molecule has 1 heterocycles. The number of benzene rings is 4. The van der Waals surface area contributed by atoms with Crippen LogP contribution in [-0.2, 0) is 11.2 Å². The largest absolute Gasteiger partial charge is 0.606 e. The highest BCUT2D eigenvalue weighted by molar-refractivity contribution is 7.91. The summed E-state index contributed by atoms with van der Waals surface area (Å²) < 4.78 is 13.3. The molecule has 0 radical (unpaired) electrons. The normalized spacial score (nSPS) is 15.9. The van der Waals surface area contributed by atoms with Crippen LogP contribution >= 0.6 is 0 Å². The third-order valence-electron chi connectivity index (χ3n) is 6.21. The topological polar surface area (TPSA) is 72.5 Å². The fourth-order valence-electron chi connectivity index (χ4n) is 4.36. The second-order valence-electron chi connectivity index (χ2n) is 8.30. The molecule has 6 heteroatoms. The Morgan fingerprint density at radius 1 is 0.941 bits per heavy atom. The minimum Gasteiger partial charge on any atom is -0.606 e. The number of carbonyl (C=O) groups is 2. The van der Waals surface area contributed by atoms with Gasteiger partial charge in [-0.2, -0.15) is 0 Å². The highest BCUT2D eigenvalue weighted by atomic mass is 32.2. The predicted molar refractivity (Wildman–Crippen MR) is 135 cm³/mol. The fourth-order valence-corrected chi connectivity index (χ4v) is 5.70. The first-order valence-electron chi connectivity index (χ1n) is 11.2. The van der Waals surface area contributed by atoms with Crippen molar-refractivity contribution in [2.24, 2.45) is 0 Å². The average Bonchev–Trinajstić information content (AvgIpc) is 2.96. The van der Waals surface area contributed by atoms with Crippen molar-refractivity contribution in [3.63, 3.8) is 0 Å². The van der Waals surface area contributed by atoms with Crippen LogP contribution in [0.4, 0.5) is 5.69 Å². The number of hydrogen-bond acceptors (Lipinski definition) is 3. The van der Waals surface area contributed by atoms with Gasteiger partial charge in [-0.1, -0.05) is 48.5 Å². The molecule has 2 unspecified atom stereocenters. The van der Waals surface area contributed by atoms with Gasteiger partial charge in [0.2, 0.25) is 0 Å². The first kappa shape index (κ1) is 22.2. The first-order chi connectivity index (χ1) is 16.5. The van der Waals surface area contributed by atoms with Crippen LogP contribution in [0.3, 0.4) is 0 Å². The summed E-state index contributed by atoms with van der Waals surface area (Å²) in [5.41, 5.74) is 2.35. The Labute approximate surface area is 201 Å². The predicted octanol–water partition coefficient (Wildman–Crippen LogP) is 5.48. The number of fused-ring (bicyclic) bond motifs is 3. The van der Waals surface area contributed by atoms with E-state index in [0.717, 1.165) is 16.3 Å². The first-order valence-corrected chi connectivity index (χ1v) is 12.4. The number of anilines is 1. The van der Waals surface area contributed by atoms with Gasteiger partial charge in [-0.15, -0.1) is 0 Å². The molecule has 4 aromatic rings. The SMILES string of the molecule is CCN1C(=O)c2ccccc2[S+]([O-])c2ccc(C(=O)NC(C)c3ccc4ccccc4c3)cc21. The lowest BCUT2D eigenvalue weighted by Crippen LogP contribution is -2.31. The van der Waals surface area contributed by atoms with Crippen LogP contribution in [0.2, 0.25) is 0 Å². The molecular formula is C28H24N2O3S. The molecule has 4 aromatic carbocycles. The highest BCUT2D eigenvalue weighted by Gasteiger charge is 2.35. The Balaban J connectivity index is 1.46. The lowest BCUT2D eigenvalue weighted by molar-refractivity contribution is 0.0937. The maximum atomic E-state index is 13.3. The second kappa shape index (κ2) is 8.97. The van der Waals surface area contributed by atoms with E-state index in [9.17, 15) is 14.1 Å². The van der Waals surface area contributed by atoms with E-state index in [1.165, 1.54) is 0 Å². The van der Waals surface area contributed by atoms with Gasteiger partial charge in [0.1, 0.15) is 5.69 Å². The molecule has 0 aliphatic carbocycles. The van der Waals surface area contributed by atoms with Crippen molar-refractivity contribution in [1.29, 1.82) is 0 Å². The van der Waals surface area contributed by atoms with Crippen LogP contribution in [0.5, 0.6) is 0 Å². The van der Waals surface area contributed by atoms with Gasteiger partial charge in [-0.05, 0) is 66.6 Å². The number of nitrogens with zero attached hydrogens (tertiary/aromatic N) is 1. The van der Waals surface area contributed by atoms with Crippen molar-refractivity contribution in [1.82, 2.24) is 5.32 Å². The molecule has 5 rings (SSSR count). The van der Waals surface area contributed by atoms with Gasteiger partial charge in [0.25, 0.3) is 11.8 Å². The smallest absolute Gasteiger partial charge is 0.263 e. The molecular weight excluding hydrogens is 444 g/mol. The van der Waals surface area contributed by atoms with Crippen molar-refractivity contribution in [3.8, 4) is 0 Å². The minimum atomic E-state index is -1.52. The number of rotatable bonds is 4. The molecule has 5 nitrogen and oxygen atoms in total. The van der Waals surface area contributed by atoms with Crippen molar-refractivity contribution in [2.45, 2.75) is 29.7 Å². The van der Waals surface area contributed by atoms with Crippen LogP contribution in [0.1, 0.15) is 46.2 Å². The van der Waals surface area contributed by atoms with Crippen LogP contribution in [0.15, 0.2) is 94.7 Å². The standard InChI is InChI=1S/C28H24N2O3S/c1-3-30-24-17-22(14-15-26(24)34(33)25-11-7-6-10-23(25)28(30)32)27(31)29-18(2)20-13-12-19-8-4-5-9-21(19)16-20/h4-18H,3H2,1-2H3,(H,29,31). The van der Waals surface area contributed by atoms with Gasteiger partial charge >= 0.3 is 0 Å². The van der Waals surface area contributed by atoms with E-state index in [2.05, 4.69) is 17.4 Å². The number of hydrogen-bond donors (Lipinski definition) is 1. The summed E-state index contributed by atoms with van der Waals surface area (Å²) in [5, 5.41) is 5.32. The maximum absolute atomic E-state index is 13.3. The molecule has 34 heavy (non-hydrogen) atoms. The van der Waals surface area contributed by atoms with E-state index in [0.29, 0.717) is 33.2 Å². The second-order valence-corrected chi connectivity index (χ2v) is 9.72. The molecule has 1 aliphatic heterocycles. The van der Waals surface area contributed by atoms with Crippen LogP contribution < -0.4 is 10.2 Å². The molecule has 170 valence electrons. The molecule has 1 N–H and O–H groups in total. The molecule has 0 saturated heterocycles. The molecule has 1 aliphatic rings. The van der Waals surface area contributed by atoms with E-state index >= 15 is 0 Å². The molecule has 0 bridgehead atoms. The molecule has 0 aromatic heterocycles. The summed E-state index contributed by atoms with van der Waals surface area (Å²) in [7, 11) is 0. The Morgan fingerprint density at radius 3 is 2.47 bits per heavy atom. The molecule has 2 atom stereocenters. The van der Waals surface area contributed by atoms with Crippen molar-refractivity contribution in [2.75, 3.05) is 11.4 Å². The number of amides is 2. The van der Waals surface area contributed by atoms with E-state index in [1.807, 2.05) is 44.2 Å². The van der Waals surface area contributed by atoms with Gasteiger partial charge in [0.15, 0.2) is 9.79 Å². The Hall–Kier alpha value is -3.61. The summed E-state index contributed by atoms with van der Waals surface area (Å²) in [6.45, 7) is 4.21. The van der Waals surface area contributed by atoms with E-state index in [-0.39, 0.29) is 17.9 Å². The van der Waals surface area contributed by atoms with E-state index < -0.39 is 11.2 Å². The Morgan fingerprint density at radius 2 is 1.68 bits per heavy atom. The third-order valence-corrected chi connectivity index (χ3v) is 7.71. The highest BCUT2D eigenvalue weighted by Crippen LogP contribution is 2.37. The van der Waals surface area contributed by atoms with Gasteiger partial charge < -0.3 is 14.8 Å². The van der Waals surface area contributed by atoms with Gasteiger partial charge in [-0.3, -0.25) is 9.59 Å². The molecule has 0 spiro atoms. The average molecular weight is 469 g/mol. The molecule has 0 fully saturated rings. The fraction of sp³-hybridized carbons (Fsp3) is 0.143. The van der Waals surface area contributed by atoms with E-state index in [1.54, 1.807) is 47.4 Å². The zero-order valence-corrected chi connectivity index (χ0v) is 19.8. The lowest BCUT2D eigenvalue weighted by Gasteiger charge is -2.21. The van der Waals surface area contributed by atoms with Crippen molar-refractivity contribution >= 4 is 39.5 Å². The Bertz CT molecular complexity index is 1420. The monoisotopic (exact) mass is 468 g/mol. The molecule has 0 saturated carbocycles. The quantitative estimate of drug-likeness (QED) is 0.403. The minimum absolute atomic E-state index is 0.210. The van der Waals surface area contributed by atoms with E-state index in [4.69, 9.17) is 0 Å². The number of carbonyl (C=O) groups excluding carboxylic acids is 2. The maximum Gasteiger partial charge on any atom is 0.263 e. The molecule has 2 amide bonds. The lowest BCUT2D eigenvalue weighted by atomic mass is 10.0. The van der Waals surface area contributed by atoms with Gasteiger partial charge in [0, 0.05) is 23.3 Å². The van der Waals surface area contributed by atoms with Crippen LogP contribution in [0, 0.1) is 0 Å². The zero-order valence-electron chi connectivity index (χ0n) is 18.9. The van der Waals surface area contributed by atoms with Gasteiger partial charge in [0.05, 0.1) is 11.6 Å². The summed E-state index contributed by atoms with van der Waals surface area (Å²) >= 11 is -1.52. The zero-order chi connectivity index (χ0) is 23.8. The van der Waals surface area contributed by atoms with Gasteiger partial charge in [-0.25, -0.2) is 0 Å². The summed E-state index contributed by atoms with van der Waals surface area (Å²) in [4.78, 5) is 29.0. The van der Waals surface area contributed by atoms with Crippen molar-refractivity contribution < 1.29 is 14.1 Å². The third kappa shape index (κ3) is 3.85. The number of nitrogens with one attached hydrogen (secondary N) is 1. The Kier molecular flexibility index (Phi) is 5.86. The van der Waals surface area contributed by atoms with Crippen LogP contribution in [0.25, 0.3) is 10.8 Å². The summed E-state index contributed by atoms with van der Waals surface area (Å²) in [6.07, 6.45) is 0. The van der Waals surface area contributed by atoms with Crippen LogP contribution in [-0.4, -0.2) is 22.9 Å². The summed E-state index contributed by atoms with van der Waals surface area (Å²) in [5.74, 6) is -0.466.